The Kier molecular flexibility index (Phi) is 5.97. The van der Waals surface area contributed by atoms with E-state index in [0.29, 0.717) is 5.25 Å². The van der Waals surface area contributed by atoms with Crippen molar-refractivity contribution in [1.82, 2.24) is 0 Å². The molecule has 0 bridgehead atoms. The van der Waals surface area contributed by atoms with Crippen LogP contribution in [0.15, 0.2) is 0 Å². The van der Waals surface area contributed by atoms with E-state index in [4.69, 9.17) is 5.73 Å². The second kappa shape index (κ2) is 5.84. The molecule has 4 unspecified atom stereocenters. The third kappa shape index (κ3) is 4.33. The van der Waals surface area contributed by atoms with Gasteiger partial charge in [-0.3, -0.25) is 0 Å². The molecule has 0 aliphatic rings. The van der Waals surface area contributed by atoms with Crippen LogP contribution in [0.2, 0.25) is 0 Å². The molecule has 0 aliphatic heterocycles. The number of aliphatic hydroxyl groups is 1. The van der Waals surface area contributed by atoms with Gasteiger partial charge in [-0.25, -0.2) is 0 Å². The molecule has 3 N–H and O–H groups in total. The number of rotatable bonds is 5. The van der Waals surface area contributed by atoms with Crippen LogP contribution in [0, 0.1) is 0 Å². The normalized spacial score (nSPS) is 21.5. The Morgan fingerprint density at radius 3 is 2.08 bits per heavy atom. The maximum Gasteiger partial charge on any atom is 0.0628 e. The Morgan fingerprint density at radius 1 is 1.25 bits per heavy atom. The fraction of sp³-hybridized carbons (Fsp3) is 1.00. The molecule has 74 valence electrons. The highest BCUT2D eigenvalue weighted by atomic mass is 32.2. The van der Waals surface area contributed by atoms with Gasteiger partial charge in [0.05, 0.1) is 6.10 Å². The van der Waals surface area contributed by atoms with E-state index in [1.54, 1.807) is 11.8 Å². The largest absolute Gasteiger partial charge is 0.392 e. The van der Waals surface area contributed by atoms with Crippen LogP contribution < -0.4 is 5.73 Å². The molecule has 0 aromatic rings. The molecule has 0 spiro atoms. The monoisotopic (exact) mass is 191 g/mol. The highest BCUT2D eigenvalue weighted by Gasteiger charge is 2.17. The van der Waals surface area contributed by atoms with Gasteiger partial charge < -0.3 is 10.8 Å². The summed E-state index contributed by atoms with van der Waals surface area (Å²) in [5, 5.41) is 9.97. The Balaban J connectivity index is 3.75. The van der Waals surface area contributed by atoms with E-state index in [2.05, 4.69) is 13.8 Å². The number of nitrogens with two attached hydrogens (primary N) is 1. The molecule has 0 aliphatic carbocycles. The van der Waals surface area contributed by atoms with Crippen molar-refractivity contribution in [2.45, 2.75) is 56.8 Å². The van der Waals surface area contributed by atoms with E-state index in [-0.39, 0.29) is 17.4 Å². The minimum atomic E-state index is -0.249. The minimum Gasteiger partial charge on any atom is -0.392 e. The summed E-state index contributed by atoms with van der Waals surface area (Å²) in [4.78, 5) is 0. The molecule has 2 nitrogen and oxygen atoms in total. The lowest BCUT2D eigenvalue weighted by molar-refractivity contribution is 0.196. The van der Waals surface area contributed by atoms with Crippen molar-refractivity contribution >= 4 is 11.8 Å². The fourth-order valence-corrected chi connectivity index (χ4v) is 2.18. The zero-order chi connectivity index (χ0) is 9.72. The molecule has 0 rings (SSSR count). The van der Waals surface area contributed by atoms with Crippen LogP contribution in [0.1, 0.15) is 34.1 Å². The lowest BCUT2D eigenvalue weighted by Gasteiger charge is -2.23. The molecule has 3 heteroatoms. The maximum absolute atomic E-state index is 9.26. The molecule has 4 atom stereocenters. The molecule has 0 saturated carbocycles. The molecule has 0 aromatic heterocycles. The quantitative estimate of drug-likeness (QED) is 0.694. The number of aliphatic hydroxyl groups excluding tert-OH is 1. The summed E-state index contributed by atoms with van der Waals surface area (Å²) >= 11 is 1.77. The first kappa shape index (κ1) is 12.3. The SMILES string of the molecule is CCC(N)C(C)SC(C)C(C)O. The minimum absolute atomic E-state index is 0.246. The molecule has 0 radical (unpaired) electrons. The second-order valence-corrected chi connectivity index (χ2v) is 5.12. The van der Waals surface area contributed by atoms with Crippen LogP contribution in [-0.4, -0.2) is 27.8 Å². The van der Waals surface area contributed by atoms with Crippen molar-refractivity contribution in [3.05, 3.63) is 0 Å². The summed E-state index contributed by atoms with van der Waals surface area (Å²) in [5.41, 5.74) is 5.86. The van der Waals surface area contributed by atoms with Gasteiger partial charge in [-0.15, -0.1) is 0 Å². The average Bonchev–Trinajstić information content (AvgIpc) is 2.02. The van der Waals surface area contributed by atoms with Crippen molar-refractivity contribution in [2.75, 3.05) is 0 Å². The van der Waals surface area contributed by atoms with E-state index < -0.39 is 0 Å². The van der Waals surface area contributed by atoms with E-state index in [1.165, 1.54) is 0 Å². The van der Waals surface area contributed by atoms with Crippen molar-refractivity contribution in [3.8, 4) is 0 Å². The van der Waals surface area contributed by atoms with Gasteiger partial charge in [0.2, 0.25) is 0 Å². The van der Waals surface area contributed by atoms with Gasteiger partial charge in [0.15, 0.2) is 0 Å². The first-order valence-corrected chi connectivity index (χ1v) is 5.52. The lowest BCUT2D eigenvalue weighted by atomic mass is 10.2. The highest BCUT2D eigenvalue weighted by molar-refractivity contribution is 8.00. The predicted octanol–water partition coefficient (Wildman–Crippen LogP) is 1.61. The van der Waals surface area contributed by atoms with E-state index >= 15 is 0 Å². The summed E-state index contributed by atoms with van der Waals surface area (Å²) in [6.07, 6.45) is 0.752. The summed E-state index contributed by atoms with van der Waals surface area (Å²) in [6, 6.07) is 0.246. The van der Waals surface area contributed by atoms with Crippen molar-refractivity contribution in [3.63, 3.8) is 0 Å². The molecule has 0 saturated heterocycles. The summed E-state index contributed by atoms with van der Waals surface area (Å²) < 4.78 is 0. The van der Waals surface area contributed by atoms with Gasteiger partial charge in [-0.05, 0) is 13.3 Å². The van der Waals surface area contributed by atoms with Crippen LogP contribution in [0.3, 0.4) is 0 Å². The smallest absolute Gasteiger partial charge is 0.0628 e. The van der Waals surface area contributed by atoms with Crippen molar-refractivity contribution in [1.29, 1.82) is 0 Å². The topological polar surface area (TPSA) is 46.2 Å². The van der Waals surface area contributed by atoms with Crippen LogP contribution in [0.5, 0.6) is 0 Å². The van der Waals surface area contributed by atoms with E-state index in [9.17, 15) is 5.11 Å². The maximum atomic E-state index is 9.26. The molecule has 0 heterocycles. The second-order valence-electron chi connectivity index (χ2n) is 3.36. The van der Waals surface area contributed by atoms with Gasteiger partial charge in [-0.1, -0.05) is 20.8 Å². The van der Waals surface area contributed by atoms with Gasteiger partial charge in [0.25, 0.3) is 0 Å². The van der Waals surface area contributed by atoms with Crippen LogP contribution in [-0.2, 0) is 0 Å². The Labute approximate surface area is 79.9 Å². The number of hydrogen-bond acceptors (Lipinski definition) is 3. The Morgan fingerprint density at radius 2 is 1.75 bits per heavy atom. The summed E-state index contributed by atoms with van der Waals surface area (Å²) in [7, 11) is 0. The lowest BCUT2D eigenvalue weighted by Crippen LogP contribution is -2.32. The standard InChI is InChI=1S/C9H21NOS/c1-5-9(10)8(4)12-7(3)6(2)11/h6-9,11H,5,10H2,1-4H3. The van der Waals surface area contributed by atoms with E-state index in [1.807, 2.05) is 13.8 Å². The predicted molar refractivity (Wildman–Crippen MR) is 56.5 cm³/mol. The zero-order valence-electron chi connectivity index (χ0n) is 8.45. The third-order valence-electron chi connectivity index (χ3n) is 2.18. The zero-order valence-corrected chi connectivity index (χ0v) is 9.27. The van der Waals surface area contributed by atoms with Gasteiger partial charge in [0, 0.05) is 16.5 Å². The van der Waals surface area contributed by atoms with Crippen LogP contribution in [0.25, 0.3) is 0 Å². The summed E-state index contributed by atoms with van der Waals surface area (Å²) in [5.74, 6) is 0. The Hall–Kier alpha value is 0.270. The van der Waals surface area contributed by atoms with Crippen LogP contribution >= 0.6 is 11.8 Å². The van der Waals surface area contributed by atoms with Crippen molar-refractivity contribution < 1.29 is 5.11 Å². The number of hydrogen-bond donors (Lipinski definition) is 2. The fourth-order valence-electron chi connectivity index (χ4n) is 0.885. The molecule has 0 aromatic carbocycles. The first-order chi connectivity index (χ1) is 5.49. The van der Waals surface area contributed by atoms with E-state index in [0.717, 1.165) is 6.42 Å². The molecule has 0 amide bonds. The van der Waals surface area contributed by atoms with Gasteiger partial charge in [-0.2, -0.15) is 11.8 Å². The third-order valence-corrected chi connectivity index (χ3v) is 3.79. The molecular formula is C9H21NOS. The number of thioether (sulfide) groups is 1. The Bertz CT molecular complexity index is 119. The van der Waals surface area contributed by atoms with Crippen LogP contribution in [0.4, 0.5) is 0 Å². The van der Waals surface area contributed by atoms with Gasteiger partial charge in [0.1, 0.15) is 0 Å². The molecule has 12 heavy (non-hydrogen) atoms. The first-order valence-electron chi connectivity index (χ1n) is 4.58. The summed E-state index contributed by atoms with van der Waals surface area (Å²) in [6.45, 7) is 8.07. The molecule has 0 fully saturated rings. The van der Waals surface area contributed by atoms with Gasteiger partial charge >= 0.3 is 0 Å². The highest BCUT2D eigenvalue weighted by Crippen LogP contribution is 2.22. The van der Waals surface area contributed by atoms with Crippen molar-refractivity contribution in [2.24, 2.45) is 5.73 Å². The molecular weight excluding hydrogens is 170 g/mol. The average molecular weight is 191 g/mol.